The standard InChI is InChI=1S/C14H16N2O3/c1-14(2,12(17)13(18)19)11-8-10(15-16-11)9-6-4-3-5-7-9/h3-8,12,17H,1-2H3,(H,15,16)(H,18,19). The summed E-state index contributed by atoms with van der Waals surface area (Å²) in [5.74, 6) is -1.25. The van der Waals surface area contributed by atoms with Gasteiger partial charge in [0, 0.05) is 16.7 Å². The average molecular weight is 260 g/mol. The number of aromatic amines is 1. The number of aliphatic hydroxyl groups is 1. The van der Waals surface area contributed by atoms with Crippen LogP contribution in [0.5, 0.6) is 0 Å². The lowest BCUT2D eigenvalue weighted by molar-refractivity contribution is -0.150. The number of aliphatic hydroxyl groups excluding tert-OH is 1. The van der Waals surface area contributed by atoms with Crippen molar-refractivity contribution in [3.63, 3.8) is 0 Å². The number of benzene rings is 1. The Kier molecular flexibility index (Phi) is 3.40. The Morgan fingerprint density at radius 2 is 1.95 bits per heavy atom. The summed E-state index contributed by atoms with van der Waals surface area (Å²) in [6, 6.07) is 11.3. The molecule has 100 valence electrons. The molecule has 0 aliphatic rings. The Labute approximate surface area is 110 Å². The lowest BCUT2D eigenvalue weighted by Gasteiger charge is -2.25. The van der Waals surface area contributed by atoms with E-state index in [4.69, 9.17) is 5.11 Å². The van der Waals surface area contributed by atoms with Gasteiger partial charge in [0.25, 0.3) is 0 Å². The summed E-state index contributed by atoms with van der Waals surface area (Å²) in [7, 11) is 0. The Bertz CT molecular complexity index is 575. The molecular formula is C14H16N2O3. The van der Waals surface area contributed by atoms with Gasteiger partial charge in [-0.05, 0) is 6.07 Å². The van der Waals surface area contributed by atoms with E-state index in [1.165, 1.54) is 0 Å². The molecule has 0 bridgehead atoms. The first-order chi connectivity index (χ1) is 8.93. The maximum absolute atomic E-state index is 10.9. The number of H-pyrrole nitrogens is 1. The summed E-state index contributed by atoms with van der Waals surface area (Å²) in [5.41, 5.74) is 1.31. The lowest BCUT2D eigenvalue weighted by atomic mass is 9.83. The Balaban J connectivity index is 2.34. The lowest BCUT2D eigenvalue weighted by Crippen LogP contribution is -2.40. The number of aliphatic carboxylic acids is 1. The Hall–Kier alpha value is -2.14. The maximum atomic E-state index is 10.9. The molecule has 1 unspecified atom stereocenters. The summed E-state index contributed by atoms with van der Waals surface area (Å²) in [4.78, 5) is 10.9. The number of carboxylic acids is 1. The fourth-order valence-electron chi connectivity index (χ4n) is 1.86. The average Bonchev–Trinajstić information content (AvgIpc) is 2.89. The first-order valence-electron chi connectivity index (χ1n) is 5.95. The molecule has 1 aromatic heterocycles. The van der Waals surface area contributed by atoms with Crippen LogP contribution >= 0.6 is 0 Å². The van der Waals surface area contributed by atoms with Crippen molar-refractivity contribution in [1.29, 1.82) is 0 Å². The van der Waals surface area contributed by atoms with E-state index < -0.39 is 17.5 Å². The molecule has 2 rings (SSSR count). The molecule has 0 fully saturated rings. The zero-order valence-electron chi connectivity index (χ0n) is 10.8. The van der Waals surface area contributed by atoms with Crippen molar-refractivity contribution in [1.82, 2.24) is 10.2 Å². The van der Waals surface area contributed by atoms with Gasteiger partial charge in [-0.3, -0.25) is 5.10 Å². The second kappa shape index (κ2) is 4.85. The topological polar surface area (TPSA) is 86.2 Å². The van der Waals surface area contributed by atoms with Gasteiger partial charge in [0.05, 0.1) is 5.69 Å². The van der Waals surface area contributed by atoms with E-state index in [0.717, 1.165) is 11.3 Å². The van der Waals surface area contributed by atoms with Crippen LogP contribution in [0.1, 0.15) is 19.5 Å². The molecule has 1 aromatic carbocycles. The van der Waals surface area contributed by atoms with Gasteiger partial charge in [0.2, 0.25) is 0 Å². The monoisotopic (exact) mass is 260 g/mol. The third kappa shape index (κ3) is 2.51. The first-order valence-corrected chi connectivity index (χ1v) is 5.95. The highest BCUT2D eigenvalue weighted by molar-refractivity contribution is 5.74. The molecular weight excluding hydrogens is 244 g/mol. The molecule has 0 aliphatic heterocycles. The minimum Gasteiger partial charge on any atom is -0.479 e. The van der Waals surface area contributed by atoms with Gasteiger partial charge in [-0.25, -0.2) is 4.79 Å². The number of nitrogens with one attached hydrogen (secondary N) is 1. The van der Waals surface area contributed by atoms with Crippen molar-refractivity contribution in [2.75, 3.05) is 0 Å². The normalized spacial score (nSPS) is 13.2. The molecule has 2 aromatic rings. The highest BCUT2D eigenvalue weighted by Gasteiger charge is 2.36. The first kappa shape index (κ1) is 13.3. The minimum absolute atomic E-state index is 0.584. The van der Waals surface area contributed by atoms with Crippen molar-refractivity contribution >= 4 is 5.97 Å². The van der Waals surface area contributed by atoms with E-state index in [0.29, 0.717) is 5.69 Å². The van der Waals surface area contributed by atoms with E-state index in [1.54, 1.807) is 19.9 Å². The van der Waals surface area contributed by atoms with Crippen LogP contribution in [-0.2, 0) is 10.2 Å². The van der Waals surface area contributed by atoms with Crippen LogP contribution in [0, 0.1) is 0 Å². The third-order valence-corrected chi connectivity index (χ3v) is 3.26. The van der Waals surface area contributed by atoms with Crippen molar-refractivity contribution < 1.29 is 15.0 Å². The highest BCUT2D eigenvalue weighted by Crippen LogP contribution is 2.28. The van der Waals surface area contributed by atoms with Gasteiger partial charge in [0.15, 0.2) is 6.10 Å². The molecule has 0 radical (unpaired) electrons. The molecule has 5 heteroatoms. The number of aromatic nitrogens is 2. The third-order valence-electron chi connectivity index (χ3n) is 3.26. The molecule has 1 atom stereocenters. The van der Waals surface area contributed by atoms with Gasteiger partial charge < -0.3 is 10.2 Å². The van der Waals surface area contributed by atoms with E-state index in [9.17, 15) is 9.90 Å². The SMILES string of the molecule is CC(C)(c1cc(-c2ccccc2)n[nH]1)C(O)C(=O)O. The van der Waals surface area contributed by atoms with Crippen molar-refractivity contribution in [3.05, 3.63) is 42.1 Å². The second-order valence-corrected chi connectivity index (χ2v) is 5.00. The molecule has 0 amide bonds. The molecule has 1 heterocycles. The number of hydrogen-bond donors (Lipinski definition) is 3. The fraction of sp³-hybridized carbons (Fsp3) is 0.286. The Morgan fingerprint density at radius 1 is 1.32 bits per heavy atom. The fourth-order valence-corrected chi connectivity index (χ4v) is 1.86. The summed E-state index contributed by atoms with van der Waals surface area (Å²) < 4.78 is 0. The van der Waals surface area contributed by atoms with Crippen LogP contribution in [0.3, 0.4) is 0 Å². The predicted molar refractivity (Wildman–Crippen MR) is 70.7 cm³/mol. The van der Waals surface area contributed by atoms with Gasteiger partial charge in [-0.1, -0.05) is 44.2 Å². The second-order valence-electron chi connectivity index (χ2n) is 5.00. The molecule has 0 aliphatic carbocycles. The van der Waals surface area contributed by atoms with Crippen molar-refractivity contribution in [2.45, 2.75) is 25.4 Å². The predicted octanol–water partition coefficient (Wildman–Crippen LogP) is 1.80. The molecule has 5 nitrogen and oxygen atoms in total. The molecule has 0 saturated carbocycles. The van der Waals surface area contributed by atoms with Gasteiger partial charge in [-0.15, -0.1) is 0 Å². The minimum atomic E-state index is -1.49. The number of nitrogens with zero attached hydrogens (tertiary/aromatic N) is 1. The van der Waals surface area contributed by atoms with Gasteiger partial charge in [-0.2, -0.15) is 5.10 Å². The van der Waals surface area contributed by atoms with Crippen LogP contribution in [0.15, 0.2) is 36.4 Å². The number of carboxylic acid groups (broad SMARTS) is 1. The molecule has 0 saturated heterocycles. The molecule has 3 N–H and O–H groups in total. The molecule has 19 heavy (non-hydrogen) atoms. The number of carbonyl (C=O) groups is 1. The van der Waals surface area contributed by atoms with E-state index in [2.05, 4.69) is 10.2 Å². The Morgan fingerprint density at radius 3 is 2.53 bits per heavy atom. The van der Waals surface area contributed by atoms with E-state index >= 15 is 0 Å². The summed E-state index contributed by atoms with van der Waals surface area (Å²) in [5, 5.41) is 25.6. The van der Waals surface area contributed by atoms with E-state index in [1.807, 2.05) is 30.3 Å². The largest absolute Gasteiger partial charge is 0.479 e. The maximum Gasteiger partial charge on any atom is 0.333 e. The number of hydrogen-bond acceptors (Lipinski definition) is 3. The van der Waals surface area contributed by atoms with Crippen LogP contribution in [0.4, 0.5) is 0 Å². The highest BCUT2D eigenvalue weighted by atomic mass is 16.4. The quantitative estimate of drug-likeness (QED) is 0.782. The zero-order chi connectivity index (χ0) is 14.0. The van der Waals surface area contributed by atoms with Gasteiger partial charge >= 0.3 is 5.97 Å². The van der Waals surface area contributed by atoms with E-state index in [-0.39, 0.29) is 0 Å². The van der Waals surface area contributed by atoms with Gasteiger partial charge in [0.1, 0.15) is 0 Å². The number of rotatable bonds is 4. The van der Waals surface area contributed by atoms with Crippen LogP contribution in [0.2, 0.25) is 0 Å². The summed E-state index contributed by atoms with van der Waals surface area (Å²) in [6.07, 6.45) is -1.49. The van der Waals surface area contributed by atoms with Crippen LogP contribution in [0.25, 0.3) is 11.3 Å². The van der Waals surface area contributed by atoms with Crippen molar-refractivity contribution in [3.8, 4) is 11.3 Å². The van der Waals surface area contributed by atoms with Crippen LogP contribution < -0.4 is 0 Å². The zero-order valence-corrected chi connectivity index (χ0v) is 10.8. The summed E-state index contributed by atoms with van der Waals surface area (Å²) >= 11 is 0. The molecule has 0 spiro atoms. The van der Waals surface area contributed by atoms with Crippen LogP contribution in [-0.4, -0.2) is 32.5 Å². The smallest absolute Gasteiger partial charge is 0.333 e. The summed E-state index contributed by atoms with van der Waals surface area (Å²) in [6.45, 7) is 3.32. The van der Waals surface area contributed by atoms with Crippen molar-refractivity contribution in [2.24, 2.45) is 0 Å².